The number of benzene rings is 1. The summed E-state index contributed by atoms with van der Waals surface area (Å²) >= 11 is 11.8. The van der Waals surface area contributed by atoms with Gasteiger partial charge in [-0.1, -0.05) is 23.2 Å². The molecular formula is C14H6Cl2F6N4O2S. The Hall–Kier alpha value is -2.25. The maximum atomic E-state index is 13.1. The summed E-state index contributed by atoms with van der Waals surface area (Å²) in [6.07, 6.45) is -2.18. The predicted molar refractivity (Wildman–Crippen MR) is 88.9 cm³/mol. The molecular weight excluding hydrogens is 473 g/mol. The maximum Gasteiger partial charge on any atom is 0.502 e. The zero-order valence-electron chi connectivity index (χ0n) is 13.5. The van der Waals surface area contributed by atoms with Gasteiger partial charge in [0.2, 0.25) is 0 Å². The van der Waals surface area contributed by atoms with E-state index in [4.69, 9.17) is 23.2 Å². The smallest absolute Gasteiger partial charge is 0.221 e. The van der Waals surface area contributed by atoms with Gasteiger partial charge in [-0.25, -0.2) is 17.8 Å². The molecule has 156 valence electrons. The quantitative estimate of drug-likeness (QED) is 0.512. The van der Waals surface area contributed by atoms with Gasteiger partial charge in [0.15, 0.2) is 5.82 Å². The molecule has 29 heavy (non-hydrogen) atoms. The zero-order chi connectivity index (χ0) is 21.8. The van der Waals surface area contributed by atoms with Crippen molar-refractivity contribution >= 4 is 33.0 Å². The average Bonchev–Trinajstić information content (AvgIpc) is 3.21. The number of hydrogen-bond donors (Lipinski definition) is 0. The summed E-state index contributed by atoms with van der Waals surface area (Å²) in [7, 11) is -5.89. The Morgan fingerprint density at radius 2 is 1.55 bits per heavy atom. The minimum absolute atomic E-state index is 0.379. The van der Waals surface area contributed by atoms with Gasteiger partial charge in [-0.15, -0.1) is 0 Å². The van der Waals surface area contributed by atoms with Crippen LogP contribution >= 0.6 is 23.2 Å². The molecule has 0 fully saturated rings. The molecule has 0 saturated heterocycles. The number of alkyl halides is 6. The molecule has 2 aromatic heterocycles. The molecule has 6 nitrogen and oxygen atoms in total. The normalized spacial score (nSPS) is 13.1. The summed E-state index contributed by atoms with van der Waals surface area (Å²) in [5.74, 6) is -0.740. The Morgan fingerprint density at radius 1 is 0.966 bits per heavy atom. The number of sulfone groups is 1. The molecule has 0 saturated carbocycles. The second kappa shape index (κ2) is 6.92. The minimum atomic E-state index is -5.89. The SMILES string of the molecule is O=S(=O)(c1cnn(-c2c(Cl)cc(C(F)(F)F)cc2Cl)c1-n1cccn1)C(F)(F)F. The predicted octanol–water partition coefficient (Wildman–Crippen LogP) is 4.68. The zero-order valence-corrected chi connectivity index (χ0v) is 15.8. The van der Waals surface area contributed by atoms with Gasteiger partial charge in [-0.2, -0.15) is 36.5 Å². The molecule has 0 aliphatic carbocycles. The first kappa shape index (κ1) is 21.5. The topological polar surface area (TPSA) is 69.8 Å². The molecule has 0 aliphatic rings. The van der Waals surface area contributed by atoms with Crippen molar-refractivity contribution < 1.29 is 34.8 Å². The fraction of sp³-hybridized carbons (Fsp3) is 0.143. The van der Waals surface area contributed by atoms with Crippen molar-refractivity contribution in [3.8, 4) is 11.5 Å². The lowest BCUT2D eigenvalue weighted by molar-refractivity contribution is -0.137. The van der Waals surface area contributed by atoms with Crippen molar-refractivity contribution in [1.82, 2.24) is 19.6 Å². The third-order valence-corrected chi connectivity index (χ3v) is 5.64. The number of aromatic nitrogens is 4. The molecule has 2 heterocycles. The van der Waals surface area contributed by atoms with Crippen LogP contribution in [-0.2, 0) is 16.0 Å². The Morgan fingerprint density at radius 3 is 2.00 bits per heavy atom. The lowest BCUT2D eigenvalue weighted by Gasteiger charge is -2.15. The van der Waals surface area contributed by atoms with Crippen LogP contribution in [0.2, 0.25) is 10.0 Å². The average molecular weight is 479 g/mol. The Bertz CT molecular complexity index is 1150. The van der Waals surface area contributed by atoms with Crippen LogP contribution in [0.4, 0.5) is 26.3 Å². The van der Waals surface area contributed by atoms with E-state index in [1.807, 2.05) is 0 Å². The van der Waals surface area contributed by atoms with E-state index in [1.54, 1.807) is 0 Å². The number of nitrogens with zero attached hydrogens (tertiary/aromatic N) is 4. The van der Waals surface area contributed by atoms with Gasteiger partial charge < -0.3 is 0 Å². The van der Waals surface area contributed by atoms with Gasteiger partial charge in [0, 0.05) is 12.4 Å². The van der Waals surface area contributed by atoms with Crippen LogP contribution in [0.5, 0.6) is 0 Å². The van der Waals surface area contributed by atoms with Crippen LogP contribution in [0.25, 0.3) is 11.5 Å². The molecule has 0 radical (unpaired) electrons. The summed E-state index contributed by atoms with van der Waals surface area (Å²) in [5.41, 5.74) is -7.35. The highest BCUT2D eigenvalue weighted by molar-refractivity contribution is 7.92. The van der Waals surface area contributed by atoms with E-state index >= 15 is 0 Å². The minimum Gasteiger partial charge on any atom is -0.221 e. The van der Waals surface area contributed by atoms with Crippen LogP contribution in [-0.4, -0.2) is 33.5 Å². The molecule has 3 aromatic rings. The summed E-state index contributed by atoms with van der Waals surface area (Å²) in [5, 5.41) is 5.98. The van der Waals surface area contributed by atoms with E-state index in [0.717, 1.165) is 17.1 Å². The first-order chi connectivity index (χ1) is 13.2. The lowest BCUT2D eigenvalue weighted by atomic mass is 10.2. The van der Waals surface area contributed by atoms with E-state index in [2.05, 4.69) is 10.2 Å². The maximum absolute atomic E-state index is 13.1. The summed E-state index contributed by atoms with van der Waals surface area (Å²) in [4.78, 5) is -1.29. The standard InChI is InChI=1S/C14H6Cl2F6N4O2S/c15-8-4-7(13(17,18)19)5-9(16)11(8)26-12(25-3-1-2-23-25)10(6-24-26)29(27,28)14(20,21)22/h1-6H. The van der Waals surface area contributed by atoms with Crippen molar-refractivity contribution in [2.75, 3.05) is 0 Å². The molecule has 0 atom stereocenters. The van der Waals surface area contributed by atoms with Crippen molar-refractivity contribution in [2.45, 2.75) is 16.6 Å². The van der Waals surface area contributed by atoms with Crippen LogP contribution in [0.15, 0.2) is 41.7 Å². The fourth-order valence-corrected chi connectivity index (χ4v) is 3.84. The molecule has 0 unspecified atom stereocenters. The molecule has 0 bridgehead atoms. The van der Waals surface area contributed by atoms with Gasteiger partial charge in [0.1, 0.15) is 10.6 Å². The van der Waals surface area contributed by atoms with Crippen molar-refractivity contribution in [2.24, 2.45) is 0 Å². The van der Waals surface area contributed by atoms with E-state index < -0.39 is 53.5 Å². The largest absolute Gasteiger partial charge is 0.502 e. The number of rotatable bonds is 3. The third kappa shape index (κ3) is 3.69. The summed E-state index contributed by atoms with van der Waals surface area (Å²) in [6, 6.07) is 2.24. The molecule has 0 spiro atoms. The van der Waals surface area contributed by atoms with Gasteiger partial charge in [0.05, 0.1) is 21.8 Å². The van der Waals surface area contributed by atoms with Crippen LogP contribution in [0, 0.1) is 0 Å². The first-order valence-corrected chi connectivity index (χ1v) is 9.45. The van der Waals surface area contributed by atoms with E-state index in [0.29, 0.717) is 23.0 Å². The van der Waals surface area contributed by atoms with Gasteiger partial charge in [-0.05, 0) is 18.2 Å². The molecule has 0 amide bonds. The van der Waals surface area contributed by atoms with Crippen molar-refractivity contribution in [3.05, 3.63) is 52.4 Å². The monoisotopic (exact) mass is 478 g/mol. The molecule has 1 aromatic carbocycles. The lowest BCUT2D eigenvalue weighted by Crippen LogP contribution is -2.24. The van der Waals surface area contributed by atoms with E-state index in [9.17, 15) is 34.8 Å². The Balaban J connectivity index is 2.34. The van der Waals surface area contributed by atoms with Gasteiger partial charge in [-0.3, -0.25) is 0 Å². The van der Waals surface area contributed by atoms with Gasteiger partial charge >= 0.3 is 11.7 Å². The van der Waals surface area contributed by atoms with Crippen LogP contribution < -0.4 is 0 Å². The highest BCUT2D eigenvalue weighted by Crippen LogP contribution is 2.40. The summed E-state index contributed by atoms with van der Waals surface area (Å²) in [6.45, 7) is 0. The molecule has 15 heteroatoms. The Kier molecular flexibility index (Phi) is 5.12. The van der Waals surface area contributed by atoms with Crippen molar-refractivity contribution in [3.63, 3.8) is 0 Å². The number of hydrogen-bond acceptors (Lipinski definition) is 4. The highest BCUT2D eigenvalue weighted by Gasteiger charge is 2.49. The van der Waals surface area contributed by atoms with Crippen LogP contribution in [0.1, 0.15) is 5.56 Å². The molecule has 3 rings (SSSR count). The summed E-state index contributed by atoms with van der Waals surface area (Å²) < 4.78 is 103. The number of halogens is 8. The highest BCUT2D eigenvalue weighted by atomic mass is 35.5. The third-order valence-electron chi connectivity index (χ3n) is 3.58. The van der Waals surface area contributed by atoms with Crippen molar-refractivity contribution in [1.29, 1.82) is 0 Å². The molecule has 0 aliphatic heterocycles. The second-order valence-corrected chi connectivity index (χ2v) is 8.15. The first-order valence-electron chi connectivity index (χ1n) is 7.21. The fourth-order valence-electron chi connectivity index (χ4n) is 2.34. The second-order valence-electron chi connectivity index (χ2n) is 5.43. The van der Waals surface area contributed by atoms with Crippen LogP contribution in [0.3, 0.4) is 0 Å². The van der Waals surface area contributed by atoms with Gasteiger partial charge in [0.25, 0.3) is 9.84 Å². The van der Waals surface area contributed by atoms with E-state index in [-0.39, 0.29) is 0 Å². The molecule has 0 N–H and O–H groups in total. The van der Waals surface area contributed by atoms with E-state index in [1.165, 1.54) is 6.07 Å². The Labute approximate surface area is 168 Å².